The number of rotatable bonds is 11. The van der Waals surface area contributed by atoms with Crippen molar-refractivity contribution in [2.75, 3.05) is 26.3 Å². The number of carbonyl (C=O) groups is 1. The number of phenols is 1. The minimum Gasteiger partial charge on any atom is -1.00 e. The van der Waals surface area contributed by atoms with E-state index >= 15 is 0 Å². The molecular weight excluding hydrogens is 540 g/mol. The van der Waals surface area contributed by atoms with Gasteiger partial charge in [0.05, 0.1) is 5.56 Å². The summed E-state index contributed by atoms with van der Waals surface area (Å²) in [5.41, 5.74) is 4.66. The monoisotopic (exact) mass is 564 g/mol. The number of alkyl halides is 3. The Morgan fingerprint density at radius 3 is 2.38 bits per heavy atom. The van der Waals surface area contributed by atoms with E-state index in [-0.39, 0.29) is 61.7 Å². The van der Waals surface area contributed by atoms with Crippen LogP contribution < -0.4 is 45.3 Å². The molecule has 37 heavy (non-hydrogen) atoms. The topological polar surface area (TPSA) is 132 Å². The van der Waals surface area contributed by atoms with Crippen molar-refractivity contribution in [3.63, 3.8) is 0 Å². The van der Waals surface area contributed by atoms with Crippen LogP contribution in [0.3, 0.4) is 0 Å². The first-order valence-corrected chi connectivity index (χ1v) is 10.5. The Hall–Kier alpha value is -3.19. The van der Waals surface area contributed by atoms with Crippen molar-refractivity contribution in [2.45, 2.75) is 12.3 Å². The highest BCUT2D eigenvalue weighted by Gasteiger charge is 2.34. The minimum atomic E-state index is -4.52. The standard InChI is InChI=1S/C23H25F3N4O5.2ClH/c1-30-12-20(23(24,25)26)29-22(30)14-2-4-16(5-3-14)35-13-15(31)11-28-8-9-34-17-6-7-19(32)18(10-17)21(27)33;;/h2-7,10,12,15,28,31-32H,8-9,11,13H2,1H3,(H2,27,33);2*1H/p-2. The lowest BCUT2D eigenvalue weighted by atomic mass is 10.2. The highest BCUT2D eigenvalue weighted by Crippen LogP contribution is 2.31. The molecule has 204 valence electrons. The number of hydrogen-bond acceptors (Lipinski definition) is 7. The van der Waals surface area contributed by atoms with Gasteiger partial charge in [0.25, 0.3) is 5.91 Å². The number of aliphatic hydroxyl groups excluding tert-OH is 1. The maximum Gasteiger partial charge on any atom is 0.434 e. The van der Waals surface area contributed by atoms with Gasteiger partial charge in [-0.2, -0.15) is 13.2 Å². The molecule has 0 saturated carbocycles. The number of benzene rings is 2. The number of ether oxygens (including phenoxy) is 2. The molecule has 9 nitrogen and oxygen atoms in total. The Balaban J connectivity index is 0.00000342. The van der Waals surface area contributed by atoms with Crippen LogP contribution in [-0.2, 0) is 13.2 Å². The third-order valence-electron chi connectivity index (χ3n) is 4.88. The lowest BCUT2D eigenvalue weighted by Crippen LogP contribution is -3.00. The molecule has 0 radical (unpaired) electrons. The fraction of sp³-hybridized carbons (Fsp3) is 0.304. The Kier molecular flexibility index (Phi) is 12.0. The number of carbonyl (C=O) groups excluding carboxylic acids is 1. The molecule has 0 bridgehead atoms. The van der Waals surface area contributed by atoms with Gasteiger partial charge in [0.15, 0.2) is 5.69 Å². The number of nitrogens with zero attached hydrogens (tertiary/aromatic N) is 2. The molecule has 0 spiro atoms. The molecule has 1 unspecified atom stereocenters. The highest BCUT2D eigenvalue weighted by molar-refractivity contribution is 5.95. The molecule has 5 N–H and O–H groups in total. The zero-order chi connectivity index (χ0) is 25.6. The normalized spacial score (nSPS) is 11.7. The largest absolute Gasteiger partial charge is 1.00 e. The average Bonchev–Trinajstić information content (AvgIpc) is 3.21. The summed E-state index contributed by atoms with van der Waals surface area (Å²) in [5, 5.41) is 22.6. The Morgan fingerprint density at radius 1 is 1.14 bits per heavy atom. The molecule has 0 aliphatic carbocycles. The number of imidazole rings is 1. The molecule has 1 aromatic heterocycles. The lowest BCUT2D eigenvalue weighted by Gasteiger charge is -2.14. The zero-order valence-electron chi connectivity index (χ0n) is 19.5. The number of nitrogens with two attached hydrogens (primary N) is 1. The minimum absolute atomic E-state index is 0. The van der Waals surface area contributed by atoms with Gasteiger partial charge in [-0.15, -0.1) is 0 Å². The molecule has 3 rings (SSSR count). The number of aromatic nitrogens is 2. The number of aryl methyl sites for hydroxylation is 1. The second-order valence-corrected chi connectivity index (χ2v) is 7.64. The number of halogens is 5. The van der Waals surface area contributed by atoms with E-state index in [0.717, 1.165) is 6.20 Å². The quantitative estimate of drug-likeness (QED) is 0.176. The van der Waals surface area contributed by atoms with Crippen molar-refractivity contribution in [2.24, 2.45) is 12.8 Å². The summed E-state index contributed by atoms with van der Waals surface area (Å²) in [5.74, 6) is -0.0117. The maximum absolute atomic E-state index is 12.8. The molecule has 2 aromatic carbocycles. The second kappa shape index (κ2) is 13.9. The maximum atomic E-state index is 12.8. The van der Waals surface area contributed by atoms with Gasteiger partial charge in [-0.25, -0.2) is 4.98 Å². The van der Waals surface area contributed by atoms with Gasteiger partial charge in [0.2, 0.25) is 0 Å². The first-order chi connectivity index (χ1) is 16.5. The van der Waals surface area contributed by atoms with Crippen LogP contribution in [0.1, 0.15) is 16.1 Å². The van der Waals surface area contributed by atoms with Gasteiger partial charge in [-0.05, 0) is 42.5 Å². The predicted octanol–water partition coefficient (Wildman–Crippen LogP) is -3.67. The van der Waals surface area contributed by atoms with Gasteiger partial charge in [-0.3, -0.25) is 4.79 Å². The van der Waals surface area contributed by atoms with Crippen molar-refractivity contribution in [3.05, 3.63) is 59.9 Å². The van der Waals surface area contributed by atoms with E-state index in [1.54, 1.807) is 24.3 Å². The summed E-state index contributed by atoms with van der Waals surface area (Å²) in [6, 6.07) is 10.5. The van der Waals surface area contributed by atoms with Crippen LogP contribution >= 0.6 is 0 Å². The molecule has 0 saturated heterocycles. The van der Waals surface area contributed by atoms with E-state index < -0.39 is 23.9 Å². The molecule has 0 fully saturated rings. The summed E-state index contributed by atoms with van der Waals surface area (Å²) < 4.78 is 50.8. The number of amides is 1. The van der Waals surface area contributed by atoms with Crippen LogP contribution in [0.5, 0.6) is 17.2 Å². The number of aliphatic hydroxyl groups is 1. The summed E-state index contributed by atoms with van der Waals surface area (Å²) in [4.78, 5) is 14.9. The van der Waals surface area contributed by atoms with Crippen LogP contribution in [0.2, 0.25) is 0 Å². The lowest BCUT2D eigenvalue weighted by molar-refractivity contribution is -0.140. The van der Waals surface area contributed by atoms with Crippen LogP contribution in [0.4, 0.5) is 13.2 Å². The summed E-state index contributed by atoms with van der Waals surface area (Å²) in [7, 11) is 1.49. The smallest absolute Gasteiger partial charge is 0.434 e. The van der Waals surface area contributed by atoms with Crippen molar-refractivity contribution >= 4 is 5.91 Å². The first-order valence-electron chi connectivity index (χ1n) is 10.5. The van der Waals surface area contributed by atoms with Crippen molar-refractivity contribution < 1.29 is 62.5 Å². The summed E-state index contributed by atoms with van der Waals surface area (Å²) in [6.45, 7) is 0.841. The third-order valence-corrected chi connectivity index (χ3v) is 4.88. The molecule has 1 heterocycles. The van der Waals surface area contributed by atoms with E-state index in [0.29, 0.717) is 23.6 Å². The molecule has 0 aliphatic rings. The number of hydrogen-bond donors (Lipinski definition) is 4. The van der Waals surface area contributed by atoms with Gasteiger partial charge in [-0.1, -0.05) is 0 Å². The van der Waals surface area contributed by atoms with E-state index in [1.165, 1.54) is 29.8 Å². The number of nitrogens with one attached hydrogen (secondary N) is 1. The van der Waals surface area contributed by atoms with Gasteiger partial charge < -0.3 is 60.1 Å². The zero-order valence-corrected chi connectivity index (χ0v) is 21.0. The van der Waals surface area contributed by atoms with Gasteiger partial charge >= 0.3 is 6.18 Å². The van der Waals surface area contributed by atoms with Crippen LogP contribution in [0.25, 0.3) is 11.4 Å². The first kappa shape index (κ1) is 31.8. The summed E-state index contributed by atoms with van der Waals surface area (Å²) in [6.07, 6.45) is -4.42. The van der Waals surface area contributed by atoms with Crippen LogP contribution in [0, 0.1) is 0 Å². The number of aromatic hydroxyl groups is 1. The van der Waals surface area contributed by atoms with E-state index in [9.17, 15) is 28.2 Å². The summed E-state index contributed by atoms with van der Waals surface area (Å²) >= 11 is 0. The molecule has 1 amide bonds. The van der Waals surface area contributed by atoms with E-state index in [2.05, 4.69) is 10.3 Å². The van der Waals surface area contributed by atoms with E-state index in [1.807, 2.05) is 0 Å². The van der Waals surface area contributed by atoms with Crippen LogP contribution in [0.15, 0.2) is 48.7 Å². The second-order valence-electron chi connectivity index (χ2n) is 7.64. The van der Waals surface area contributed by atoms with E-state index in [4.69, 9.17) is 15.2 Å². The number of primary amides is 1. The molecule has 14 heteroatoms. The van der Waals surface area contributed by atoms with Gasteiger partial charge in [0, 0.05) is 31.9 Å². The Morgan fingerprint density at radius 2 is 1.78 bits per heavy atom. The van der Waals surface area contributed by atoms with Crippen molar-refractivity contribution in [3.8, 4) is 28.6 Å². The Labute approximate surface area is 223 Å². The average molecular weight is 565 g/mol. The third kappa shape index (κ3) is 9.01. The highest BCUT2D eigenvalue weighted by atomic mass is 35.5. The Bertz CT molecular complexity index is 1160. The molecular formula is C23H25Cl2F3N4O5-2. The van der Waals surface area contributed by atoms with Crippen molar-refractivity contribution in [1.29, 1.82) is 0 Å². The van der Waals surface area contributed by atoms with Crippen LogP contribution in [-0.4, -0.2) is 58.1 Å². The predicted molar refractivity (Wildman–Crippen MR) is 120 cm³/mol. The van der Waals surface area contributed by atoms with Crippen molar-refractivity contribution in [1.82, 2.24) is 14.9 Å². The van der Waals surface area contributed by atoms with Gasteiger partial charge in [0.1, 0.15) is 42.4 Å². The molecule has 1 atom stereocenters. The molecule has 0 aliphatic heterocycles. The SMILES string of the molecule is Cn1cc(C(F)(F)F)nc1-c1ccc(OCC(O)CNCCOc2ccc(O)c(C(N)=O)c2)cc1.[Cl-].[Cl-]. The molecule has 3 aromatic rings. The fourth-order valence-corrected chi connectivity index (χ4v) is 3.13. The fourth-order valence-electron chi connectivity index (χ4n) is 3.13.